The van der Waals surface area contributed by atoms with E-state index in [9.17, 15) is 32.9 Å². The maximum Gasteiger partial charge on any atom is 0.270 e. The van der Waals surface area contributed by atoms with Crippen LogP contribution in [-0.2, 0) is 26.0 Å². The minimum Gasteiger partial charge on any atom is -0.326 e. The van der Waals surface area contributed by atoms with Crippen molar-refractivity contribution in [2.24, 2.45) is 5.14 Å². The zero-order valence-electron chi connectivity index (χ0n) is 19.4. The number of nitro groups is 1. The SMILES string of the molecule is NS(=O)(=O)c1ccc(N2C(=O)CC(N(CCc3ccccc3)C(=O)c3cccc([N+](=O)[O-])c3)C2=O)cc1. The predicted molar refractivity (Wildman–Crippen MR) is 133 cm³/mol. The first-order chi connectivity index (χ1) is 17.6. The minimum atomic E-state index is -3.97. The highest BCUT2D eigenvalue weighted by molar-refractivity contribution is 7.89. The van der Waals surface area contributed by atoms with Crippen LogP contribution in [0.2, 0.25) is 0 Å². The summed E-state index contributed by atoms with van der Waals surface area (Å²) in [6, 6.07) is 18.2. The van der Waals surface area contributed by atoms with Crippen LogP contribution < -0.4 is 10.0 Å². The molecule has 1 fully saturated rings. The molecule has 4 rings (SSSR count). The third-order valence-corrected chi connectivity index (χ3v) is 6.90. The van der Waals surface area contributed by atoms with Gasteiger partial charge in [0.05, 0.1) is 21.9 Å². The van der Waals surface area contributed by atoms with E-state index in [1.54, 1.807) is 0 Å². The molecular formula is C25H22N4O7S. The molecule has 12 heteroatoms. The van der Waals surface area contributed by atoms with Gasteiger partial charge in [-0.2, -0.15) is 0 Å². The predicted octanol–water partition coefficient (Wildman–Crippen LogP) is 2.26. The normalized spacial score (nSPS) is 15.6. The molecule has 11 nitrogen and oxygen atoms in total. The number of nitrogens with zero attached hydrogens (tertiary/aromatic N) is 3. The number of sulfonamides is 1. The lowest BCUT2D eigenvalue weighted by molar-refractivity contribution is -0.384. The maximum absolute atomic E-state index is 13.5. The molecule has 0 bridgehead atoms. The lowest BCUT2D eigenvalue weighted by atomic mass is 10.1. The Morgan fingerprint density at radius 2 is 1.70 bits per heavy atom. The summed E-state index contributed by atoms with van der Waals surface area (Å²) in [4.78, 5) is 52.4. The van der Waals surface area contributed by atoms with Gasteiger partial charge >= 0.3 is 0 Å². The maximum atomic E-state index is 13.5. The number of anilines is 1. The molecule has 3 aromatic rings. The minimum absolute atomic E-state index is 0.0125. The number of amides is 3. The Bertz CT molecular complexity index is 1470. The highest BCUT2D eigenvalue weighted by atomic mass is 32.2. The van der Waals surface area contributed by atoms with E-state index in [-0.39, 0.29) is 34.8 Å². The van der Waals surface area contributed by atoms with Gasteiger partial charge in [-0.1, -0.05) is 36.4 Å². The highest BCUT2D eigenvalue weighted by Gasteiger charge is 2.44. The summed E-state index contributed by atoms with van der Waals surface area (Å²) in [5.74, 6) is -1.87. The van der Waals surface area contributed by atoms with Gasteiger partial charge in [-0.15, -0.1) is 0 Å². The second-order valence-electron chi connectivity index (χ2n) is 8.37. The Hall–Kier alpha value is -4.42. The van der Waals surface area contributed by atoms with Gasteiger partial charge in [0.2, 0.25) is 15.9 Å². The van der Waals surface area contributed by atoms with Crippen LogP contribution in [0.15, 0.2) is 83.8 Å². The Labute approximate surface area is 212 Å². The van der Waals surface area contributed by atoms with Crippen molar-refractivity contribution in [2.75, 3.05) is 11.4 Å². The molecule has 190 valence electrons. The fraction of sp³-hybridized carbons (Fsp3) is 0.160. The van der Waals surface area contributed by atoms with Crippen molar-refractivity contribution < 1.29 is 27.7 Å². The molecular weight excluding hydrogens is 500 g/mol. The molecule has 3 amide bonds. The second kappa shape index (κ2) is 10.3. The zero-order valence-corrected chi connectivity index (χ0v) is 20.2. The zero-order chi connectivity index (χ0) is 26.7. The number of non-ortho nitro benzene ring substituents is 1. The highest BCUT2D eigenvalue weighted by Crippen LogP contribution is 2.28. The fourth-order valence-electron chi connectivity index (χ4n) is 4.13. The van der Waals surface area contributed by atoms with Crippen molar-refractivity contribution in [1.29, 1.82) is 0 Å². The van der Waals surface area contributed by atoms with Gasteiger partial charge in [0.25, 0.3) is 17.5 Å². The lowest BCUT2D eigenvalue weighted by Crippen LogP contribution is -2.46. The molecule has 1 unspecified atom stereocenters. The number of carbonyl (C=O) groups excluding carboxylic acids is 3. The van der Waals surface area contributed by atoms with Gasteiger partial charge in [0.1, 0.15) is 6.04 Å². The molecule has 0 aliphatic carbocycles. The van der Waals surface area contributed by atoms with Gasteiger partial charge in [-0.05, 0) is 42.3 Å². The number of nitro benzene ring substituents is 1. The molecule has 0 saturated carbocycles. The molecule has 1 heterocycles. The fourth-order valence-corrected chi connectivity index (χ4v) is 4.64. The quantitative estimate of drug-likeness (QED) is 0.270. The molecule has 0 spiro atoms. The number of hydrogen-bond donors (Lipinski definition) is 1. The Morgan fingerprint density at radius 3 is 2.32 bits per heavy atom. The molecule has 1 atom stereocenters. The van der Waals surface area contributed by atoms with Crippen molar-refractivity contribution in [1.82, 2.24) is 4.90 Å². The number of carbonyl (C=O) groups is 3. The van der Waals surface area contributed by atoms with E-state index in [0.29, 0.717) is 6.42 Å². The number of imide groups is 1. The van der Waals surface area contributed by atoms with Crippen LogP contribution in [0, 0.1) is 10.1 Å². The van der Waals surface area contributed by atoms with E-state index < -0.39 is 38.7 Å². The van der Waals surface area contributed by atoms with Crippen molar-refractivity contribution in [3.8, 4) is 0 Å². The van der Waals surface area contributed by atoms with Crippen LogP contribution in [0.1, 0.15) is 22.3 Å². The van der Waals surface area contributed by atoms with Crippen molar-refractivity contribution in [2.45, 2.75) is 23.8 Å². The monoisotopic (exact) mass is 522 g/mol. The van der Waals surface area contributed by atoms with Crippen molar-refractivity contribution in [3.05, 3.63) is 100 Å². The topological polar surface area (TPSA) is 161 Å². The summed E-state index contributed by atoms with van der Waals surface area (Å²) in [5, 5.41) is 16.3. The van der Waals surface area contributed by atoms with E-state index in [1.807, 2.05) is 30.3 Å². The van der Waals surface area contributed by atoms with Gasteiger partial charge in [-0.3, -0.25) is 24.5 Å². The summed E-state index contributed by atoms with van der Waals surface area (Å²) in [5.41, 5.74) is 0.764. The van der Waals surface area contributed by atoms with Crippen LogP contribution in [-0.4, -0.2) is 48.5 Å². The molecule has 37 heavy (non-hydrogen) atoms. The summed E-state index contributed by atoms with van der Waals surface area (Å²) in [7, 11) is -3.97. The Kier molecular flexibility index (Phi) is 7.14. The van der Waals surface area contributed by atoms with Crippen LogP contribution in [0.3, 0.4) is 0 Å². The molecule has 1 saturated heterocycles. The van der Waals surface area contributed by atoms with E-state index in [1.165, 1.54) is 47.4 Å². The molecule has 0 radical (unpaired) electrons. The first kappa shape index (κ1) is 25.7. The average Bonchev–Trinajstić information content (AvgIpc) is 3.17. The van der Waals surface area contributed by atoms with Crippen LogP contribution in [0.25, 0.3) is 0 Å². The number of benzene rings is 3. The largest absolute Gasteiger partial charge is 0.326 e. The first-order valence-corrected chi connectivity index (χ1v) is 12.7. The molecule has 1 aliphatic rings. The number of hydrogen-bond acceptors (Lipinski definition) is 7. The third-order valence-electron chi connectivity index (χ3n) is 5.97. The van der Waals surface area contributed by atoms with E-state index in [4.69, 9.17) is 5.14 Å². The average molecular weight is 523 g/mol. The van der Waals surface area contributed by atoms with E-state index in [2.05, 4.69) is 0 Å². The van der Waals surface area contributed by atoms with Crippen LogP contribution >= 0.6 is 0 Å². The van der Waals surface area contributed by atoms with Crippen molar-refractivity contribution >= 4 is 39.1 Å². The van der Waals surface area contributed by atoms with Crippen LogP contribution in [0.4, 0.5) is 11.4 Å². The molecule has 0 aromatic heterocycles. The van der Waals surface area contributed by atoms with Gasteiger partial charge in [-0.25, -0.2) is 18.5 Å². The summed E-state index contributed by atoms with van der Waals surface area (Å²) < 4.78 is 23.1. The third kappa shape index (κ3) is 5.55. The number of nitrogens with two attached hydrogens (primary N) is 1. The lowest BCUT2D eigenvalue weighted by Gasteiger charge is -2.28. The standard InChI is InChI=1S/C25H22N4O7S/c26-37(35,36)21-11-9-19(10-12-21)28-23(30)16-22(25(28)32)27(14-13-17-5-2-1-3-6-17)24(31)18-7-4-8-20(15-18)29(33)34/h1-12,15,22H,13-14,16H2,(H2,26,35,36). The Morgan fingerprint density at radius 1 is 1.03 bits per heavy atom. The summed E-state index contributed by atoms with van der Waals surface area (Å²) in [6.45, 7) is 0.0768. The van der Waals surface area contributed by atoms with Crippen LogP contribution in [0.5, 0.6) is 0 Å². The Balaban J connectivity index is 1.66. The summed E-state index contributed by atoms with van der Waals surface area (Å²) >= 11 is 0. The molecule has 3 aromatic carbocycles. The first-order valence-electron chi connectivity index (χ1n) is 11.2. The smallest absolute Gasteiger partial charge is 0.270 e. The van der Waals surface area contributed by atoms with Gasteiger partial charge < -0.3 is 4.90 Å². The van der Waals surface area contributed by atoms with Gasteiger partial charge in [0, 0.05) is 24.2 Å². The summed E-state index contributed by atoms with van der Waals surface area (Å²) in [6.07, 6.45) is 0.0771. The molecule has 2 N–H and O–H groups in total. The van der Waals surface area contributed by atoms with Gasteiger partial charge in [0.15, 0.2) is 0 Å². The molecule has 1 aliphatic heterocycles. The van der Waals surface area contributed by atoms with E-state index in [0.717, 1.165) is 16.5 Å². The van der Waals surface area contributed by atoms with Crippen molar-refractivity contribution in [3.63, 3.8) is 0 Å². The number of primary sulfonamides is 1. The second-order valence-corrected chi connectivity index (χ2v) is 9.93. The number of rotatable bonds is 8. The van der Waals surface area contributed by atoms with E-state index >= 15 is 0 Å².